The molecule has 2 rings (SSSR count). The van der Waals surface area contributed by atoms with Crippen molar-refractivity contribution in [2.45, 2.75) is 24.0 Å². The molecule has 0 spiro atoms. The highest BCUT2D eigenvalue weighted by atomic mass is 32.2. The SMILES string of the molecule is Cc1nnc(Sc2ncccc2C(=O)O)nc1C. The molecule has 0 aliphatic rings. The number of hydrogen-bond acceptors (Lipinski definition) is 6. The fourth-order valence-corrected chi connectivity index (χ4v) is 2.02. The van der Waals surface area contributed by atoms with E-state index in [1.54, 1.807) is 6.07 Å². The number of rotatable bonds is 3. The molecule has 2 heterocycles. The van der Waals surface area contributed by atoms with Crippen LogP contribution < -0.4 is 0 Å². The summed E-state index contributed by atoms with van der Waals surface area (Å²) in [7, 11) is 0. The molecule has 92 valence electrons. The van der Waals surface area contributed by atoms with Crippen LogP contribution in [0.1, 0.15) is 21.7 Å². The van der Waals surface area contributed by atoms with E-state index in [1.807, 2.05) is 13.8 Å². The first kappa shape index (κ1) is 12.4. The highest BCUT2D eigenvalue weighted by Gasteiger charge is 2.13. The average molecular weight is 262 g/mol. The predicted molar refractivity (Wildman–Crippen MR) is 64.6 cm³/mol. The molecule has 18 heavy (non-hydrogen) atoms. The summed E-state index contributed by atoms with van der Waals surface area (Å²) in [4.78, 5) is 19.3. The Kier molecular flexibility index (Phi) is 3.52. The van der Waals surface area contributed by atoms with Crippen molar-refractivity contribution < 1.29 is 9.90 Å². The Morgan fingerprint density at radius 1 is 1.28 bits per heavy atom. The lowest BCUT2D eigenvalue weighted by Crippen LogP contribution is -2.02. The topological polar surface area (TPSA) is 88.9 Å². The Hall–Kier alpha value is -2.02. The van der Waals surface area contributed by atoms with Crippen LogP contribution in [-0.2, 0) is 0 Å². The van der Waals surface area contributed by atoms with Crippen molar-refractivity contribution in [3.05, 3.63) is 35.3 Å². The molecular formula is C11H10N4O2S. The summed E-state index contributed by atoms with van der Waals surface area (Å²) in [6.07, 6.45) is 1.53. The summed E-state index contributed by atoms with van der Waals surface area (Å²) < 4.78 is 0. The summed E-state index contributed by atoms with van der Waals surface area (Å²) in [5, 5.41) is 17.6. The highest BCUT2D eigenvalue weighted by Crippen LogP contribution is 2.25. The average Bonchev–Trinajstić information content (AvgIpc) is 2.34. The second-order valence-corrected chi connectivity index (χ2v) is 4.48. The Bertz CT molecular complexity index is 603. The first-order valence-corrected chi connectivity index (χ1v) is 5.93. The minimum absolute atomic E-state index is 0.129. The number of aromatic carboxylic acids is 1. The van der Waals surface area contributed by atoms with E-state index in [4.69, 9.17) is 5.11 Å². The van der Waals surface area contributed by atoms with Crippen molar-refractivity contribution in [2.75, 3.05) is 0 Å². The van der Waals surface area contributed by atoms with Crippen molar-refractivity contribution in [1.29, 1.82) is 0 Å². The van der Waals surface area contributed by atoms with Gasteiger partial charge in [0.1, 0.15) is 5.03 Å². The van der Waals surface area contributed by atoms with Crippen LogP contribution in [0.4, 0.5) is 0 Å². The highest BCUT2D eigenvalue weighted by molar-refractivity contribution is 7.99. The normalized spacial score (nSPS) is 10.3. The molecule has 2 aromatic rings. The monoisotopic (exact) mass is 262 g/mol. The van der Waals surface area contributed by atoms with Gasteiger partial charge in [0.2, 0.25) is 5.16 Å². The molecule has 0 amide bonds. The van der Waals surface area contributed by atoms with Crippen LogP contribution in [0.25, 0.3) is 0 Å². The summed E-state index contributed by atoms with van der Waals surface area (Å²) in [6, 6.07) is 3.07. The maximum absolute atomic E-state index is 11.0. The van der Waals surface area contributed by atoms with Crippen LogP contribution in [0.2, 0.25) is 0 Å². The van der Waals surface area contributed by atoms with Crippen LogP contribution in [-0.4, -0.2) is 31.2 Å². The molecule has 0 fully saturated rings. The van der Waals surface area contributed by atoms with E-state index in [1.165, 1.54) is 12.3 Å². The van der Waals surface area contributed by atoms with Crippen molar-refractivity contribution in [2.24, 2.45) is 0 Å². The van der Waals surface area contributed by atoms with Gasteiger partial charge in [-0.15, -0.1) is 5.10 Å². The summed E-state index contributed by atoms with van der Waals surface area (Å²) >= 11 is 1.09. The first-order chi connectivity index (χ1) is 8.58. The molecule has 7 heteroatoms. The largest absolute Gasteiger partial charge is 0.478 e. The van der Waals surface area contributed by atoms with Crippen LogP contribution in [0.15, 0.2) is 28.5 Å². The number of aromatic nitrogens is 4. The zero-order chi connectivity index (χ0) is 13.1. The molecular weight excluding hydrogens is 252 g/mol. The molecule has 0 unspecified atom stereocenters. The molecule has 2 aromatic heterocycles. The number of hydrogen-bond donors (Lipinski definition) is 1. The lowest BCUT2D eigenvalue weighted by Gasteiger charge is -2.03. The maximum atomic E-state index is 11.0. The molecule has 0 atom stereocenters. The van der Waals surface area contributed by atoms with Gasteiger partial charge in [0.05, 0.1) is 17.0 Å². The molecule has 0 aliphatic heterocycles. The Morgan fingerprint density at radius 3 is 2.72 bits per heavy atom. The van der Waals surface area contributed by atoms with Crippen molar-refractivity contribution in [3.8, 4) is 0 Å². The predicted octanol–water partition coefficient (Wildman–Crippen LogP) is 1.73. The van der Waals surface area contributed by atoms with E-state index in [9.17, 15) is 4.79 Å². The number of nitrogens with zero attached hydrogens (tertiary/aromatic N) is 4. The van der Waals surface area contributed by atoms with Gasteiger partial charge in [-0.1, -0.05) is 0 Å². The Morgan fingerprint density at radius 2 is 2.06 bits per heavy atom. The molecule has 0 aliphatic carbocycles. The Labute approximate surface area is 108 Å². The van der Waals surface area contributed by atoms with Gasteiger partial charge in [-0.25, -0.2) is 14.8 Å². The standard InChI is InChI=1S/C11H10N4O2S/c1-6-7(2)14-15-11(13-6)18-9-8(10(16)17)4-3-5-12-9/h3-5H,1-2H3,(H,16,17). The first-order valence-electron chi connectivity index (χ1n) is 5.12. The summed E-state index contributed by atoms with van der Waals surface area (Å²) in [5.74, 6) is -1.03. The van der Waals surface area contributed by atoms with E-state index >= 15 is 0 Å². The van der Waals surface area contributed by atoms with E-state index in [2.05, 4.69) is 20.2 Å². The fourth-order valence-electron chi connectivity index (χ4n) is 1.20. The third kappa shape index (κ3) is 2.62. The lowest BCUT2D eigenvalue weighted by atomic mass is 10.3. The van der Waals surface area contributed by atoms with Gasteiger partial charge < -0.3 is 5.11 Å². The zero-order valence-electron chi connectivity index (χ0n) is 9.78. The molecule has 0 saturated carbocycles. The van der Waals surface area contributed by atoms with E-state index in [0.29, 0.717) is 10.2 Å². The van der Waals surface area contributed by atoms with Crippen LogP contribution >= 0.6 is 11.8 Å². The molecule has 0 bridgehead atoms. The third-order valence-corrected chi connectivity index (χ3v) is 3.14. The summed E-state index contributed by atoms with van der Waals surface area (Å²) in [5.41, 5.74) is 1.64. The lowest BCUT2D eigenvalue weighted by molar-refractivity contribution is 0.0692. The summed E-state index contributed by atoms with van der Waals surface area (Å²) in [6.45, 7) is 3.64. The van der Waals surface area contributed by atoms with Crippen LogP contribution in [0.5, 0.6) is 0 Å². The second kappa shape index (κ2) is 5.09. The number of pyridine rings is 1. The van der Waals surface area contributed by atoms with Gasteiger partial charge in [-0.3, -0.25) is 0 Å². The fraction of sp³-hybridized carbons (Fsp3) is 0.182. The van der Waals surface area contributed by atoms with Gasteiger partial charge >= 0.3 is 5.97 Å². The number of carboxylic acid groups (broad SMARTS) is 1. The van der Waals surface area contributed by atoms with E-state index in [-0.39, 0.29) is 5.56 Å². The van der Waals surface area contributed by atoms with Crippen molar-refractivity contribution in [3.63, 3.8) is 0 Å². The van der Waals surface area contributed by atoms with Gasteiger partial charge in [-0.2, -0.15) is 5.10 Å². The van der Waals surface area contributed by atoms with Gasteiger partial charge in [0, 0.05) is 6.20 Å². The molecule has 0 saturated heterocycles. The quantitative estimate of drug-likeness (QED) is 0.900. The van der Waals surface area contributed by atoms with Crippen LogP contribution in [0, 0.1) is 13.8 Å². The Balaban J connectivity index is 2.34. The molecule has 1 N–H and O–H groups in total. The van der Waals surface area contributed by atoms with Gasteiger partial charge in [0.25, 0.3) is 0 Å². The number of carbonyl (C=O) groups is 1. The van der Waals surface area contributed by atoms with Crippen molar-refractivity contribution >= 4 is 17.7 Å². The molecule has 0 radical (unpaired) electrons. The number of aryl methyl sites for hydroxylation is 2. The number of carboxylic acids is 1. The zero-order valence-corrected chi connectivity index (χ0v) is 10.6. The second-order valence-electron chi connectivity index (χ2n) is 3.53. The minimum atomic E-state index is -1.03. The third-order valence-electron chi connectivity index (χ3n) is 2.26. The van der Waals surface area contributed by atoms with Gasteiger partial charge in [-0.05, 0) is 37.7 Å². The van der Waals surface area contributed by atoms with Crippen molar-refractivity contribution in [1.82, 2.24) is 20.2 Å². The minimum Gasteiger partial charge on any atom is -0.478 e. The van der Waals surface area contributed by atoms with E-state index < -0.39 is 5.97 Å². The van der Waals surface area contributed by atoms with Crippen LogP contribution in [0.3, 0.4) is 0 Å². The van der Waals surface area contributed by atoms with E-state index in [0.717, 1.165) is 23.1 Å². The molecule has 0 aromatic carbocycles. The molecule has 6 nitrogen and oxygen atoms in total. The van der Waals surface area contributed by atoms with Gasteiger partial charge in [0.15, 0.2) is 0 Å². The smallest absolute Gasteiger partial charge is 0.338 e. The maximum Gasteiger partial charge on any atom is 0.338 e.